The Bertz CT molecular complexity index is 856. The van der Waals surface area contributed by atoms with E-state index in [0.29, 0.717) is 17.1 Å². The van der Waals surface area contributed by atoms with E-state index < -0.39 is 12.0 Å². The van der Waals surface area contributed by atoms with Crippen LogP contribution in [0.1, 0.15) is 19.4 Å². The molecule has 2 amide bonds. The molecule has 2 N–H and O–H groups in total. The molecule has 0 aliphatic carbocycles. The van der Waals surface area contributed by atoms with Gasteiger partial charge in [-0.1, -0.05) is 29.8 Å². The van der Waals surface area contributed by atoms with E-state index in [0.717, 1.165) is 11.1 Å². The monoisotopic (exact) mass is 356 g/mol. The third-order valence-electron chi connectivity index (χ3n) is 3.93. The number of carbonyl (C=O) groups excluding carboxylic acids is 2. The van der Waals surface area contributed by atoms with Crippen LogP contribution in [0, 0.1) is 6.92 Å². The maximum atomic E-state index is 12.2. The van der Waals surface area contributed by atoms with Gasteiger partial charge in [0.05, 0.1) is 23.9 Å². The van der Waals surface area contributed by atoms with Gasteiger partial charge in [0.25, 0.3) is 0 Å². The molecule has 2 heterocycles. The van der Waals surface area contributed by atoms with Gasteiger partial charge in [-0.15, -0.1) is 10.2 Å². The van der Waals surface area contributed by atoms with Crippen molar-refractivity contribution >= 4 is 12.0 Å². The first kappa shape index (κ1) is 17.6. The molecule has 0 bridgehead atoms. The van der Waals surface area contributed by atoms with Crippen LogP contribution in [0.3, 0.4) is 0 Å². The summed E-state index contributed by atoms with van der Waals surface area (Å²) in [6.07, 6.45) is 0. The summed E-state index contributed by atoms with van der Waals surface area (Å²) >= 11 is 0. The molecule has 136 valence electrons. The molecule has 0 spiro atoms. The second-order valence-corrected chi connectivity index (χ2v) is 5.94. The van der Waals surface area contributed by atoms with Gasteiger partial charge in [0.2, 0.25) is 5.82 Å². The molecule has 2 aromatic rings. The van der Waals surface area contributed by atoms with Gasteiger partial charge in [0.1, 0.15) is 6.54 Å². The van der Waals surface area contributed by atoms with E-state index in [1.54, 1.807) is 13.8 Å². The van der Waals surface area contributed by atoms with Crippen molar-refractivity contribution in [2.24, 2.45) is 0 Å². The molecular weight excluding hydrogens is 336 g/mol. The minimum absolute atomic E-state index is 0.102. The van der Waals surface area contributed by atoms with Gasteiger partial charge in [0, 0.05) is 5.56 Å². The highest BCUT2D eigenvalue weighted by Gasteiger charge is 2.30. The Morgan fingerprint density at radius 2 is 2.04 bits per heavy atom. The van der Waals surface area contributed by atoms with E-state index in [1.165, 1.54) is 4.80 Å². The highest BCUT2D eigenvalue weighted by atomic mass is 16.5. The lowest BCUT2D eigenvalue weighted by Crippen LogP contribution is -2.50. The summed E-state index contributed by atoms with van der Waals surface area (Å²) in [5, 5.41) is 17.7. The number of aromatic nitrogens is 4. The fourth-order valence-electron chi connectivity index (χ4n) is 2.67. The predicted molar refractivity (Wildman–Crippen MR) is 92.8 cm³/mol. The van der Waals surface area contributed by atoms with E-state index in [-0.39, 0.29) is 19.2 Å². The number of benzene rings is 1. The second kappa shape index (κ2) is 7.34. The quantitative estimate of drug-likeness (QED) is 0.778. The standard InChI is InChI=1S/C17H20N6O3/c1-4-26-16(24)14-11(3)18-17(25)19-13(14)9-23-21-15(20-22-23)12-7-5-10(2)6-8-12/h5-8,11H,4,9H2,1-3H3,(H2,18,19,25). The van der Waals surface area contributed by atoms with Crippen LogP contribution < -0.4 is 10.6 Å². The summed E-state index contributed by atoms with van der Waals surface area (Å²) in [5.74, 6) is -0.0158. The third kappa shape index (κ3) is 3.71. The Kier molecular flexibility index (Phi) is 4.97. The van der Waals surface area contributed by atoms with Crippen LogP contribution in [0.2, 0.25) is 0 Å². The van der Waals surface area contributed by atoms with Gasteiger partial charge in [0.15, 0.2) is 0 Å². The molecule has 1 aromatic carbocycles. The number of hydrogen-bond donors (Lipinski definition) is 2. The van der Waals surface area contributed by atoms with Gasteiger partial charge in [-0.3, -0.25) is 0 Å². The summed E-state index contributed by atoms with van der Waals surface area (Å²) in [6, 6.07) is 6.89. The SMILES string of the molecule is CCOC(=O)C1=C(Cn2nnc(-c3ccc(C)cc3)n2)NC(=O)NC1C. The molecular formula is C17H20N6O3. The van der Waals surface area contributed by atoms with Gasteiger partial charge >= 0.3 is 12.0 Å². The molecule has 1 aliphatic heterocycles. The molecule has 1 atom stereocenters. The summed E-state index contributed by atoms with van der Waals surface area (Å²) in [5.41, 5.74) is 2.72. The molecule has 0 radical (unpaired) electrons. The Morgan fingerprint density at radius 1 is 1.31 bits per heavy atom. The summed E-state index contributed by atoms with van der Waals surface area (Å²) < 4.78 is 5.09. The number of nitrogens with zero attached hydrogens (tertiary/aromatic N) is 4. The number of tetrazole rings is 1. The van der Waals surface area contributed by atoms with Crippen molar-refractivity contribution in [3.63, 3.8) is 0 Å². The van der Waals surface area contributed by atoms with Crippen LogP contribution in [0.25, 0.3) is 11.4 Å². The molecule has 1 unspecified atom stereocenters. The molecule has 3 rings (SSSR count). The van der Waals surface area contributed by atoms with E-state index >= 15 is 0 Å². The summed E-state index contributed by atoms with van der Waals surface area (Å²) in [4.78, 5) is 25.4. The van der Waals surface area contributed by atoms with Crippen LogP contribution in [0.15, 0.2) is 35.5 Å². The van der Waals surface area contributed by atoms with Gasteiger partial charge in [-0.2, -0.15) is 4.80 Å². The first-order valence-electron chi connectivity index (χ1n) is 8.30. The van der Waals surface area contributed by atoms with Crippen molar-refractivity contribution in [1.29, 1.82) is 0 Å². The molecule has 0 fully saturated rings. The molecule has 1 aliphatic rings. The normalized spacial score (nSPS) is 16.9. The lowest BCUT2D eigenvalue weighted by molar-refractivity contribution is -0.139. The number of allylic oxidation sites excluding steroid dienone is 1. The smallest absolute Gasteiger partial charge is 0.337 e. The van der Waals surface area contributed by atoms with Crippen molar-refractivity contribution < 1.29 is 14.3 Å². The number of rotatable bonds is 5. The van der Waals surface area contributed by atoms with E-state index in [9.17, 15) is 9.59 Å². The fourth-order valence-corrected chi connectivity index (χ4v) is 2.67. The van der Waals surface area contributed by atoms with Crippen LogP contribution in [-0.4, -0.2) is 44.9 Å². The number of nitrogens with one attached hydrogen (secondary N) is 2. The van der Waals surface area contributed by atoms with Crippen molar-refractivity contribution in [2.75, 3.05) is 6.61 Å². The first-order chi connectivity index (χ1) is 12.5. The third-order valence-corrected chi connectivity index (χ3v) is 3.93. The first-order valence-corrected chi connectivity index (χ1v) is 8.30. The Morgan fingerprint density at radius 3 is 2.73 bits per heavy atom. The largest absolute Gasteiger partial charge is 0.463 e. The lowest BCUT2D eigenvalue weighted by Gasteiger charge is -2.26. The van der Waals surface area contributed by atoms with Crippen LogP contribution >= 0.6 is 0 Å². The van der Waals surface area contributed by atoms with Gasteiger partial charge < -0.3 is 15.4 Å². The Balaban J connectivity index is 1.87. The summed E-state index contributed by atoms with van der Waals surface area (Å²) in [6.45, 7) is 5.79. The van der Waals surface area contributed by atoms with E-state index in [2.05, 4.69) is 26.0 Å². The zero-order chi connectivity index (χ0) is 18.7. The Hall–Kier alpha value is -3.23. The number of hydrogen-bond acceptors (Lipinski definition) is 6. The lowest BCUT2D eigenvalue weighted by atomic mass is 10.0. The fraction of sp³-hybridized carbons (Fsp3) is 0.353. The van der Waals surface area contributed by atoms with Crippen LogP contribution in [-0.2, 0) is 16.1 Å². The van der Waals surface area contributed by atoms with Crippen LogP contribution in [0.5, 0.6) is 0 Å². The van der Waals surface area contributed by atoms with Crippen molar-refractivity contribution in [3.05, 3.63) is 41.1 Å². The average Bonchev–Trinajstić information content (AvgIpc) is 3.03. The topological polar surface area (TPSA) is 111 Å². The predicted octanol–water partition coefficient (Wildman–Crippen LogP) is 1.17. The average molecular weight is 356 g/mol. The molecule has 9 nitrogen and oxygen atoms in total. The molecule has 0 saturated heterocycles. The van der Waals surface area contributed by atoms with Gasteiger partial charge in [-0.25, -0.2) is 9.59 Å². The number of aryl methyl sites for hydroxylation is 1. The maximum Gasteiger partial charge on any atom is 0.337 e. The highest BCUT2D eigenvalue weighted by Crippen LogP contribution is 2.17. The number of carbonyl (C=O) groups is 2. The molecule has 1 aromatic heterocycles. The zero-order valence-corrected chi connectivity index (χ0v) is 14.8. The number of amides is 2. The summed E-state index contributed by atoms with van der Waals surface area (Å²) in [7, 11) is 0. The van der Waals surface area contributed by atoms with Crippen molar-refractivity contribution in [2.45, 2.75) is 33.4 Å². The van der Waals surface area contributed by atoms with Crippen molar-refractivity contribution in [3.8, 4) is 11.4 Å². The molecule has 0 saturated carbocycles. The maximum absolute atomic E-state index is 12.2. The Labute approximate surface area is 150 Å². The number of ether oxygens (including phenoxy) is 1. The van der Waals surface area contributed by atoms with Crippen molar-refractivity contribution in [1.82, 2.24) is 30.8 Å². The minimum Gasteiger partial charge on any atom is -0.463 e. The second-order valence-electron chi connectivity index (χ2n) is 5.94. The number of urea groups is 1. The van der Waals surface area contributed by atoms with Gasteiger partial charge in [-0.05, 0) is 26.0 Å². The van der Waals surface area contributed by atoms with Crippen LogP contribution in [0.4, 0.5) is 4.79 Å². The molecule has 9 heteroatoms. The highest BCUT2D eigenvalue weighted by molar-refractivity contribution is 5.94. The molecule has 26 heavy (non-hydrogen) atoms. The zero-order valence-electron chi connectivity index (χ0n) is 14.8. The number of esters is 1. The van der Waals surface area contributed by atoms with E-state index in [4.69, 9.17) is 4.74 Å². The van der Waals surface area contributed by atoms with E-state index in [1.807, 2.05) is 31.2 Å². The minimum atomic E-state index is -0.485.